The van der Waals surface area contributed by atoms with Gasteiger partial charge in [0.05, 0.1) is 11.8 Å². The molecule has 5 rings (SSSR count). The third-order valence-corrected chi connectivity index (χ3v) is 6.76. The fraction of sp³-hybridized carbons (Fsp3) is 0.565. The van der Waals surface area contributed by atoms with Gasteiger partial charge in [-0.05, 0) is 55.9 Å². The molecule has 3 amide bonds. The number of carbonyl (C=O) groups is 4. The van der Waals surface area contributed by atoms with E-state index in [2.05, 4.69) is 10.6 Å². The molecule has 0 saturated heterocycles. The van der Waals surface area contributed by atoms with E-state index in [1.807, 2.05) is 30.3 Å². The van der Waals surface area contributed by atoms with E-state index in [1.54, 1.807) is 0 Å². The van der Waals surface area contributed by atoms with Crippen LogP contribution in [0.1, 0.15) is 51.0 Å². The molecule has 4 fully saturated rings. The molecule has 4 aliphatic carbocycles. The van der Waals surface area contributed by atoms with Crippen molar-refractivity contribution < 1.29 is 23.9 Å². The van der Waals surface area contributed by atoms with Crippen molar-refractivity contribution in [2.75, 3.05) is 6.61 Å². The average molecular weight is 412 g/mol. The molecule has 0 aliphatic heterocycles. The Kier molecular flexibility index (Phi) is 5.38. The second-order valence-corrected chi connectivity index (χ2v) is 9.41. The minimum absolute atomic E-state index is 0.0724. The molecule has 160 valence electrons. The zero-order valence-corrected chi connectivity index (χ0v) is 17.2. The molecule has 0 aromatic heterocycles. The maximum absolute atomic E-state index is 13.0. The van der Waals surface area contributed by atoms with E-state index in [0.717, 1.165) is 37.7 Å². The molecule has 0 spiro atoms. The highest BCUT2D eigenvalue weighted by molar-refractivity contribution is 5.97. The minimum Gasteiger partial charge on any atom is -0.455 e. The van der Waals surface area contributed by atoms with E-state index in [0.29, 0.717) is 18.3 Å². The SMILES string of the molecule is CC(=O)NC12C[C@H]3C[C@@H](C1)CC(C(=O)OCC(=O)NC(=O)Cc1ccccc1)(C3)C2. The Labute approximate surface area is 175 Å². The number of esters is 1. The van der Waals surface area contributed by atoms with Crippen LogP contribution in [0.3, 0.4) is 0 Å². The minimum atomic E-state index is -0.638. The summed E-state index contributed by atoms with van der Waals surface area (Å²) in [5.74, 6) is -0.708. The number of hydrogen-bond donors (Lipinski definition) is 2. The van der Waals surface area contributed by atoms with Crippen molar-refractivity contribution >= 4 is 23.7 Å². The Bertz CT molecular complexity index is 852. The van der Waals surface area contributed by atoms with Gasteiger partial charge >= 0.3 is 5.97 Å². The first kappa shape index (κ1) is 20.6. The quantitative estimate of drug-likeness (QED) is 0.695. The maximum Gasteiger partial charge on any atom is 0.312 e. The molecule has 2 N–H and O–H groups in total. The number of hydrogen-bond acceptors (Lipinski definition) is 5. The Morgan fingerprint density at radius 2 is 1.67 bits per heavy atom. The number of imide groups is 1. The van der Waals surface area contributed by atoms with Crippen molar-refractivity contribution in [2.45, 2.75) is 57.4 Å². The highest BCUT2D eigenvalue weighted by atomic mass is 16.5. The summed E-state index contributed by atoms with van der Waals surface area (Å²) < 4.78 is 5.37. The molecule has 0 radical (unpaired) electrons. The number of carbonyl (C=O) groups excluding carboxylic acids is 4. The van der Waals surface area contributed by atoms with Gasteiger partial charge in [0.1, 0.15) is 0 Å². The molecule has 1 aromatic rings. The van der Waals surface area contributed by atoms with Crippen LogP contribution in [0.25, 0.3) is 0 Å². The summed E-state index contributed by atoms with van der Waals surface area (Å²) in [4.78, 5) is 48.9. The van der Waals surface area contributed by atoms with Gasteiger partial charge in [-0.15, -0.1) is 0 Å². The maximum atomic E-state index is 13.0. The lowest BCUT2D eigenvalue weighted by atomic mass is 9.47. The molecular formula is C23H28N2O5. The largest absolute Gasteiger partial charge is 0.455 e. The zero-order chi connectivity index (χ0) is 21.4. The van der Waals surface area contributed by atoms with E-state index < -0.39 is 23.8 Å². The van der Waals surface area contributed by atoms with Gasteiger partial charge in [0.25, 0.3) is 5.91 Å². The molecule has 4 aliphatic rings. The van der Waals surface area contributed by atoms with Gasteiger partial charge in [0.15, 0.2) is 6.61 Å². The molecule has 4 bridgehead atoms. The van der Waals surface area contributed by atoms with Crippen LogP contribution in [0, 0.1) is 17.3 Å². The molecule has 7 nitrogen and oxygen atoms in total. The highest BCUT2D eigenvalue weighted by Gasteiger charge is 2.61. The molecule has 4 atom stereocenters. The van der Waals surface area contributed by atoms with Crippen LogP contribution in [0.2, 0.25) is 0 Å². The van der Waals surface area contributed by atoms with Crippen molar-refractivity contribution in [1.82, 2.24) is 10.6 Å². The lowest BCUT2D eigenvalue weighted by Crippen LogP contribution is -2.64. The summed E-state index contributed by atoms with van der Waals surface area (Å²) in [6.45, 7) is 1.05. The van der Waals surface area contributed by atoms with Gasteiger partial charge in [-0.2, -0.15) is 0 Å². The highest BCUT2D eigenvalue weighted by Crippen LogP contribution is 2.62. The molecule has 7 heteroatoms. The van der Waals surface area contributed by atoms with Crippen molar-refractivity contribution in [2.24, 2.45) is 17.3 Å². The lowest BCUT2D eigenvalue weighted by Gasteiger charge is -2.60. The van der Waals surface area contributed by atoms with Crippen molar-refractivity contribution in [3.8, 4) is 0 Å². The predicted octanol–water partition coefficient (Wildman–Crippen LogP) is 1.89. The third-order valence-electron chi connectivity index (χ3n) is 6.76. The smallest absolute Gasteiger partial charge is 0.312 e. The summed E-state index contributed by atoms with van der Waals surface area (Å²) in [5.41, 5.74) is -0.166. The average Bonchev–Trinajstić information content (AvgIpc) is 2.64. The van der Waals surface area contributed by atoms with Gasteiger partial charge in [0, 0.05) is 12.5 Å². The number of nitrogens with one attached hydrogen (secondary N) is 2. The standard InChI is InChI=1S/C23H28N2O5/c1-15(26)25-23-11-17-7-18(12-23)10-22(9-17,14-23)21(29)30-13-20(28)24-19(27)8-16-5-3-2-4-6-16/h2-6,17-18H,7-14H2,1H3,(H,25,26)(H,24,27,28)/t17-,18+,22?,23?. The van der Waals surface area contributed by atoms with Crippen LogP contribution in [0.5, 0.6) is 0 Å². The Morgan fingerprint density at radius 1 is 1.00 bits per heavy atom. The lowest BCUT2D eigenvalue weighted by molar-refractivity contribution is -0.177. The summed E-state index contributed by atoms with van der Waals surface area (Å²) in [6, 6.07) is 9.12. The van der Waals surface area contributed by atoms with Crippen LogP contribution in [-0.4, -0.2) is 35.8 Å². The second-order valence-electron chi connectivity index (χ2n) is 9.41. The monoisotopic (exact) mass is 412 g/mol. The van der Waals surface area contributed by atoms with E-state index in [-0.39, 0.29) is 23.8 Å². The summed E-state index contributed by atoms with van der Waals surface area (Å²) in [5, 5.41) is 5.39. The molecule has 1 aromatic carbocycles. The fourth-order valence-corrected chi connectivity index (χ4v) is 6.32. The van der Waals surface area contributed by atoms with Crippen LogP contribution >= 0.6 is 0 Å². The first-order valence-electron chi connectivity index (χ1n) is 10.6. The molecule has 2 unspecified atom stereocenters. The van der Waals surface area contributed by atoms with E-state index in [9.17, 15) is 19.2 Å². The number of benzene rings is 1. The number of rotatable bonds is 6. The van der Waals surface area contributed by atoms with Gasteiger partial charge in [0.2, 0.25) is 11.8 Å². The Morgan fingerprint density at radius 3 is 2.30 bits per heavy atom. The van der Waals surface area contributed by atoms with E-state index in [4.69, 9.17) is 4.74 Å². The van der Waals surface area contributed by atoms with Crippen molar-refractivity contribution in [3.05, 3.63) is 35.9 Å². The van der Waals surface area contributed by atoms with Gasteiger partial charge < -0.3 is 10.1 Å². The number of amides is 3. The van der Waals surface area contributed by atoms with Gasteiger partial charge in [-0.1, -0.05) is 30.3 Å². The molecular weight excluding hydrogens is 384 g/mol. The zero-order valence-electron chi connectivity index (χ0n) is 17.2. The Hall–Kier alpha value is -2.70. The fourth-order valence-electron chi connectivity index (χ4n) is 6.32. The first-order chi connectivity index (χ1) is 14.3. The summed E-state index contributed by atoms with van der Waals surface area (Å²) >= 11 is 0. The van der Waals surface area contributed by atoms with Crippen molar-refractivity contribution in [1.29, 1.82) is 0 Å². The number of ether oxygens (including phenoxy) is 1. The molecule has 30 heavy (non-hydrogen) atoms. The molecule has 0 heterocycles. The van der Waals surface area contributed by atoms with Crippen LogP contribution in [0.15, 0.2) is 30.3 Å². The second kappa shape index (κ2) is 7.85. The molecule has 4 saturated carbocycles. The topological polar surface area (TPSA) is 102 Å². The predicted molar refractivity (Wildman–Crippen MR) is 108 cm³/mol. The summed E-state index contributed by atoms with van der Waals surface area (Å²) in [6.07, 6.45) is 5.06. The normalized spacial score (nSPS) is 31.1. The third kappa shape index (κ3) is 4.25. The van der Waals surface area contributed by atoms with Gasteiger partial charge in [-0.3, -0.25) is 24.5 Å². The van der Waals surface area contributed by atoms with E-state index in [1.165, 1.54) is 6.92 Å². The Balaban J connectivity index is 1.33. The van der Waals surface area contributed by atoms with Crippen LogP contribution < -0.4 is 10.6 Å². The van der Waals surface area contributed by atoms with E-state index >= 15 is 0 Å². The van der Waals surface area contributed by atoms with Gasteiger partial charge in [-0.25, -0.2) is 0 Å². The van der Waals surface area contributed by atoms with Crippen LogP contribution in [0.4, 0.5) is 0 Å². The van der Waals surface area contributed by atoms with Crippen LogP contribution in [-0.2, 0) is 30.3 Å². The van der Waals surface area contributed by atoms with Crippen molar-refractivity contribution in [3.63, 3.8) is 0 Å². The summed E-state index contributed by atoms with van der Waals surface area (Å²) in [7, 11) is 0. The first-order valence-corrected chi connectivity index (χ1v) is 10.6.